The first kappa shape index (κ1) is 15.7. The van der Waals surface area contributed by atoms with Gasteiger partial charge in [0.2, 0.25) is 0 Å². The third-order valence-electron chi connectivity index (χ3n) is 3.74. The van der Waals surface area contributed by atoms with E-state index < -0.39 is 4.92 Å². The molecule has 0 fully saturated rings. The fraction of sp³-hybridized carbons (Fsp3) is 0.462. The summed E-state index contributed by atoms with van der Waals surface area (Å²) in [6, 6.07) is 0. The van der Waals surface area contributed by atoms with Crippen molar-refractivity contribution in [2.24, 2.45) is 5.41 Å². The molecular formula is C13H19N7O2. The molecule has 9 heteroatoms. The van der Waals surface area contributed by atoms with Crippen molar-refractivity contribution in [3.63, 3.8) is 0 Å². The molecule has 0 aliphatic carbocycles. The van der Waals surface area contributed by atoms with Gasteiger partial charge in [0.15, 0.2) is 0 Å². The number of nitrogens with one attached hydrogen (secondary N) is 1. The van der Waals surface area contributed by atoms with Crippen molar-refractivity contribution >= 4 is 28.9 Å². The van der Waals surface area contributed by atoms with Crippen LogP contribution in [0.3, 0.4) is 0 Å². The lowest BCUT2D eigenvalue weighted by atomic mass is 9.89. The van der Waals surface area contributed by atoms with E-state index in [0.29, 0.717) is 11.3 Å². The summed E-state index contributed by atoms with van der Waals surface area (Å²) in [5.74, 6) is 0.248. The number of nitro groups is 1. The topological polar surface area (TPSA) is 124 Å². The van der Waals surface area contributed by atoms with Gasteiger partial charge in [-0.2, -0.15) is 4.52 Å². The van der Waals surface area contributed by atoms with Crippen molar-refractivity contribution in [2.75, 3.05) is 18.1 Å². The molecule has 0 amide bonds. The first-order chi connectivity index (χ1) is 10.3. The van der Waals surface area contributed by atoms with Gasteiger partial charge < -0.3 is 11.1 Å². The Kier molecular flexibility index (Phi) is 3.98. The number of tetrazole rings is 1. The smallest absolute Gasteiger partial charge is 0.339 e. The maximum atomic E-state index is 11.4. The van der Waals surface area contributed by atoms with Crippen LogP contribution in [0.25, 0.3) is 11.7 Å². The number of allylic oxidation sites excluding steroid dienone is 1. The second kappa shape index (κ2) is 5.58. The van der Waals surface area contributed by atoms with Gasteiger partial charge in [-0.25, -0.2) is 0 Å². The van der Waals surface area contributed by atoms with Gasteiger partial charge >= 0.3 is 5.69 Å². The molecule has 2 aromatic rings. The van der Waals surface area contributed by atoms with Crippen molar-refractivity contribution in [1.29, 1.82) is 0 Å². The molecule has 0 aliphatic heterocycles. The van der Waals surface area contributed by atoms with Gasteiger partial charge in [-0.1, -0.05) is 32.9 Å². The van der Waals surface area contributed by atoms with Crippen LogP contribution in [-0.4, -0.2) is 32.0 Å². The minimum atomic E-state index is -0.515. The zero-order valence-corrected chi connectivity index (χ0v) is 13.0. The van der Waals surface area contributed by atoms with E-state index in [2.05, 4.69) is 41.6 Å². The Bertz CT molecular complexity index is 748. The first-order valence-electron chi connectivity index (χ1n) is 6.87. The van der Waals surface area contributed by atoms with Gasteiger partial charge in [-0.05, 0) is 22.3 Å². The average molecular weight is 305 g/mol. The molecule has 22 heavy (non-hydrogen) atoms. The molecule has 0 saturated heterocycles. The highest BCUT2D eigenvalue weighted by atomic mass is 16.6. The second-order valence-electron chi connectivity index (χ2n) is 5.62. The Morgan fingerprint density at radius 1 is 1.50 bits per heavy atom. The maximum absolute atomic E-state index is 11.4. The van der Waals surface area contributed by atoms with Crippen molar-refractivity contribution in [2.45, 2.75) is 27.2 Å². The Morgan fingerprint density at radius 2 is 2.18 bits per heavy atom. The summed E-state index contributed by atoms with van der Waals surface area (Å²) in [4.78, 5) is 10.9. The van der Waals surface area contributed by atoms with Gasteiger partial charge in [0.1, 0.15) is 11.5 Å². The van der Waals surface area contributed by atoms with Crippen LogP contribution in [0.4, 0.5) is 17.2 Å². The molecule has 0 saturated carbocycles. The van der Waals surface area contributed by atoms with Crippen LogP contribution in [-0.2, 0) is 0 Å². The molecule has 0 atom stereocenters. The summed E-state index contributed by atoms with van der Waals surface area (Å²) in [6.07, 6.45) is 4.67. The van der Waals surface area contributed by atoms with E-state index in [1.54, 1.807) is 13.1 Å². The summed E-state index contributed by atoms with van der Waals surface area (Å²) < 4.78 is 1.18. The third-order valence-corrected chi connectivity index (χ3v) is 3.74. The predicted octanol–water partition coefficient (Wildman–Crippen LogP) is 2.11. The molecule has 2 aromatic heterocycles. The summed E-state index contributed by atoms with van der Waals surface area (Å²) in [6.45, 7) is 6.21. The molecule has 0 unspecified atom stereocenters. The Hall–Kier alpha value is -2.71. The standard InChI is InChI=1S/C13H19N7O2/c1-5-13(2,3)7-6-8-9(15-4)10(20(21)22)12-16-17-18-19(12)11(8)14/h6-7,15H,5,14H2,1-4H3/b7-6-. The van der Waals surface area contributed by atoms with Crippen LogP contribution >= 0.6 is 0 Å². The Morgan fingerprint density at radius 3 is 2.73 bits per heavy atom. The molecular weight excluding hydrogens is 286 g/mol. The number of aromatic nitrogens is 4. The number of hydrogen-bond acceptors (Lipinski definition) is 7. The molecule has 0 aromatic carbocycles. The molecule has 0 bridgehead atoms. The highest BCUT2D eigenvalue weighted by Gasteiger charge is 2.27. The number of rotatable bonds is 5. The molecule has 0 aliphatic rings. The van der Waals surface area contributed by atoms with E-state index in [9.17, 15) is 10.1 Å². The normalized spacial score (nSPS) is 12.2. The maximum Gasteiger partial charge on any atom is 0.339 e. The van der Waals surface area contributed by atoms with Crippen LogP contribution in [0.15, 0.2) is 6.08 Å². The number of nitrogen functional groups attached to an aromatic ring is 1. The van der Waals surface area contributed by atoms with Gasteiger partial charge in [-0.15, -0.1) is 5.10 Å². The van der Waals surface area contributed by atoms with E-state index >= 15 is 0 Å². The molecule has 9 nitrogen and oxygen atoms in total. The average Bonchev–Trinajstić information content (AvgIpc) is 2.94. The van der Waals surface area contributed by atoms with Gasteiger partial charge in [0.05, 0.1) is 4.92 Å². The predicted molar refractivity (Wildman–Crippen MR) is 84.5 cm³/mol. The van der Waals surface area contributed by atoms with Crippen LogP contribution in [0.2, 0.25) is 0 Å². The zero-order valence-electron chi connectivity index (χ0n) is 13.0. The summed E-state index contributed by atoms with van der Waals surface area (Å²) in [5, 5.41) is 25.1. The molecule has 2 rings (SSSR count). The van der Waals surface area contributed by atoms with Crippen molar-refractivity contribution in [3.05, 3.63) is 21.8 Å². The van der Waals surface area contributed by atoms with Gasteiger partial charge in [0, 0.05) is 12.6 Å². The van der Waals surface area contributed by atoms with Gasteiger partial charge in [-0.3, -0.25) is 10.1 Å². The summed E-state index contributed by atoms with van der Waals surface area (Å²) in [7, 11) is 1.60. The largest absolute Gasteiger partial charge is 0.383 e. The molecule has 118 valence electrons. The molecule has 3 N–H and O–H groups in total. The van der Waals surface area contributed by atoms with Crippen molar-refractivity contribution < 1.29 is 4.92 Å². The lowest BCUT2D eigenvalue weighted by molar-refractivity contribution is -0.382. The monoisotopic (exact) mass is 305 g/mol. The third kappa shape index (κ3) is 2.57. The lowest BCUT2D eigenvalue weighted by Crippen LogP contribution is -2.10. The highest BCUT2D eigenvalue weighted by Crippen LogP contribution is 2.37. The summed E-state index contributed by atoms with van der Waals surface area (Å²) in [5.41, 5.74) is 6.64. The van der Waals surface area contributed by atoms with Crippen LogP contribution in [0, 0.1) is 15.5 Å². The van der Waals surface area contributed by atoms with Crippen molar-refractivity contribution in [3.8, 4) is 0 Å². The fourth-order valence-electron chi connectivity index (χ4n) is 2.00. The number of fused-ring (bicyclic) bond motifs is 1. The SMILES string of the molecule is CCC(C)(C)/C=C\c1c(NC)c([N+](=O)[O-])c2nnnn2c1N. The Labute approximate surface area is 127 Å². The minimum Gasteiger partial charge on any atom is -0.383 e. The van der Waals surface area contributed by atoms with E-state index in [-0.39, 0.29) is 22.6 Å². The number of nitrogens with two attached hydrogens (primary N) is 1. The van der Waals surface area contributed by atoms with Crippen molar-refractivity contribution in [1.82, 2.24) is 20.0 Å². The second-order valence-corrected chi connectivity index (χ2v) is 5.62. The number of hydrogen-bond donors (Lipinski definition) is 2. The fourth-order valence-corrected chi connectivity index (χ4v) is 2.00. The van der Waals surface area contributed by atoms with E-state index in [1.807, 2.05) is 6.08 Å². The summed E-state index contributed by atoms with van der Waals surface area (Å²) >= 11 is 0. The number of anilines is 2. The number of pyridine rings is 1. The van der Waals surface area contributed by atoms with Crippen LogP contribution in [0.5, 0.6) is 0 Å². The van der Waals surface area contributed by atoms with Gasteiger partial charge in [0.25, 0.3) is 5.65 Å². The number of nitrogens with zero attached hydrogens (tertiary/aromatic N) is 5. The molecule has 2 heterocycles. The lowest BCUT2D eigenvalue weighted by Gasteiger charge is -2.17. The van der Waals surface area contributed by atoms with Crippen LogP contribution in [0.1, 0.15) is 32.8 Å². The highest BCUT2D eigenvalue weighted by molar-refractivity contribution is 5.88. The molecule has 0 spiro atoms. The first-order valence-corrected chi connectivity index (χ1v) is 6.87. The van der Waals surface area contributed by atoms with E-state index in [4.69, 9.17) is 5.73 Å². The minimum absolute atomic E-state index is 0.0127. The van der Waals surface area contributed by atoms with Crippen LogP contribution < -0.4 is 11.1 Å². The quantitative estimate of drug-likeness (QED) is 0.640. The Balaban J connectivity index is 2.77. The molecule has 0 radical (unpaired) electrons. The van der Waals surface area contributed by atoms with E-state index in [1.165, 1.54) is 4.52 Å². The van der Waals surface area contributed by atoms with E-state index in [0.717, 1.165) is 6.42 Å². The zero-order chi connectivity index (χ0) is 16.5.